The molecular formula is C21H21N3OS. The zero-order chi connectivity index (χ0) is 17.9. The number of aromatic nitrogens is 2. The van der Waals surface area contributed by atoms with E-state index in [1.165, 1.54) is 11.8 Å². The van der Waals surface area contributed by atoms with E-state index in [1.807, 2.05) is 54.3 Å². The summed E-state index contributed by atoms with van der Waals surface area (Å²) in [5.41, 5.74) is 1.93. The molecule has 2 aromatic carbocycles. The smallest absolute Gasteiger partial charge is 0.235 e. The van der Waals surface area contributed by atoms with Gasteiger partial charge in [-0.1, -0.05) is 66.4 Å². The summed E-state index contributed by atoms with van der Waals surface area (Å²) < 4.78 is 0. The number of amides is 1. The number of nitrogens with zero attached hydrogens (tertiary/aromatic N) is 3. The molecule has 0 bridgehead atoms. The SMILES string of the molecule is CC(Sc1nnc(-c2ccccc2)c2ccccc12)C(=O)N1CCCC1. The van der Waals surface area contributed by atoms with Gasteiger partial charge < -0.3 is 4.90 Å². The Balaban J connectivity index is 1.67. The number of benzene rings is 2. The van der Waals surface area contributed by atoms with Crippen molar-refractivity contribution in [1.82, 2.24) is 15.1 Å². The molecule has 0 N–H and O–H groups in total. The van der Waals surface area contributed by atoms with Gasteiger partial charge in [0.1, 0.15) is 10.7 Å². The monoisotopic (exact) mass is 363 g/mol. The fourth-order valence-electron chi connectivity index (χ4n) is 3.39. The second kappa shape index (κ2) is 7.46. The lowest BCUT2D eigenvalue weighted by atomic mass is 10.1. The van der Waals surface area contributed by atoms with Gasteiger partial charge in [-0.15, -0.1) is 10.2 Å². The number of likely N-dealkylation sites (tertiary alicyclic amines) is 1. The molecule has 1 fully saturated rings. The highest BCUT2D eigenvalue weighted by Gasteiger charge is 2.25. The third kappa shape index (κ3) is 3.31. The van der Waals surface area contributed by atoms with Gasteiger partial charge in [0.05, 0.1) is 5.25 Å². The van der Waals surface area contributed by atoms with Crippen molar-refractivity contribution in [2.24, 2.45) is 0 Å². The number of carbonyl (C=O) groups is 1. The summed E-state index contributed by atoms with van der Waals surface area (Å²) in [5, 5.41) is 11.7. The van der Waals surface area contributed by atoms with Crippen molar-refractivity contribution >= 4 is 28.4 Å². The molecule has 26 heavy (non-hydrogen) atoms. The Labute approximate surface area is 157 Å². The van der Waals surface area contributed by atoms with Crippen LogP contribution in [0.1, 0.15) is 19.8 Å². The first kappa shape index (κ1) is 17.0. The van der Waals surface area contributed by atoms with E-state index in [1.54, 1.807) is 0 Å². The van der Waals surface area contributed by atoms with E-state index in [2.05, 4.69) is 22.3 Å². The Bertz CT molecular complexity index is 923. The van der Waals surface area contributed by atoms with Crippen LogP contribution in [0.4, 0.5) is 0 Å². The molecule has 3 aromatic rings. The average Bonchev–Trinajstić information content (AvgIpc) is 3.23. The maximum absolute atomic E-state index is 12.6. The molecule has 5 heteroatoms. The molecule has 1 unspecified atom stereocenters. The first-order valence-electron chi connectivity index (χ1n) is 9.00. The van der Waals surface area contributed by atoms with E-state index in [9.17, 15) is 4.79 Å². The van der Waals surface area contributed by atoms with Crippen molar-refractivity contribution in [1.29, 1.82) is 0 Å². The van der Waals surface area contributed by atoms with Crippen LogP contribution in [0.5, 0.6) is 0 Å². The normalized spacial score (nSPS) is 15.3. The fourth-order valence-corrected chi connectivity index (χ4v) is 4.37. The van der Waals surface area contributed by atoms with E-state index in [0.717, 1.165) is 53.0 Å². The van der Waals surface area contributed by atoms with Gasteiger partial charge in [0.15, 0.2) is 0 Å². The number of carbonyl (C=O) groups excluding carboxylic acids is 1. The van der Waals surface area contributed by atoms with Gasteiger partial charge in [-0.3, -0.25) is 4.79 Å². The maximum Gasteiger partial charge on any atom is 0.235 e. The van der Waals surface area contributed by atoms with Crippen molar-refractivity contribution < 1.29 is 4.79 Å². The van der Waals surface area contributed by atoms with Crippen LogP contribution in [-0.2, 0) is 4.79 Å². The standard InChI is InChI=1S/C21H21N3OS/c1-15(21(25)24-13-7-8-14-24)26-20-18-12-6-5-11-17(18)19(22-23-20)16-9-3-2-4-10-16/h2-6,9-12,15H,7-8,13-14H2,1H3. The molecule has 4 nitrogen and oxygen atoms in total. The van der Waals surface area contributed by atoms with Gasteiger partial charge in [0.25, 0.3) is 0 Å². The highest BCUT2D eigenvalue weighted by molar-refractivity contribution is 8.00. The summed E-state index contributed by atoms with van der Waals surface area (Å²) >= 11 is 1.51. The summed E-state index contributed by atoms with van der Waals surface area (Å²) in [4.78, 5) is 14.6. The topological polar surface area (TPSA) is 46.1 Å². The summed E-state index contributed by atoms with van der Waals surface area (Å²) in [6.45, 7) is 3.72. The molecule has 1 saturated heterocycles. The maximum atomic E-state index is 12.6. The summed E-state index contributed by atoms with van der Waals surface area (Å²) in [7, 11) is 0. The Morgan fingerprint density at radius 3 is 2.35 bits per heavy atom. The number of fused-ring (bicyclic) bond motifs is 1. The van der Waals surface area contributed by atoms with Crippen LogP contribution in [0.15, 0.2) is 59.6 Å². The van der Waals surface area contributed by atoms with Crippen molar-refractivity contribution in [2.45, 2.75) is 30.0 Å². The summed E-state index contributed by atoms with van der Waals surface area (Å²) in [5.74, 6) is 0.200. The number of hydrogen-bond donors (Lipinski definition) is 0. The minimum absolute atomic E-state index is 0.159. The Morgan fingerprint density at radius 1 is 0.962 bits per heavy atom. The largest absolute Gasteiger partial charge is 0.342 e. The zero-order valence-corrected chi connectivity index (χ0v) is 15.6. The third-order valence-electron chi connectivity index (χ3n) is 4.75. The van der Waals surface area contributed by atoms with Crippen molar-refractivity contribution in [2.75, 3.05) is 13.1 Å². The Morgan fingerprint density at radius 2 is 1.62 bits per heavy atom. The van der Waals surface area contributed by atoms with E-state index < -0.39 is 0 Å². The molecule has 1 aliphatic rings. The minimum atomic E-state index is -0.159. The molecule has 1 atom stereocenters. The molecule has 0 spiro atoms. The van der Waals surface area contributed by atoms with Crippen LogP contribution in [-0.4, -0.2) is 39.3 Å². The van der Waals surface area contributed by atoms with E-state index in [-0.39, 0.29) is 11.2 Å². The molecule has 0 aliphatic carbocycles. The van der Waals surface area contributed by atoms with Gasteiger partial charge in [0, 0.05) is 29.4 Å². The molecule has 0 saturated carbocycles. The van der Waals surface area contributed by atoms with E-state index >= 15 is 0 Å². The number of hydrogen-bond acceptors (Lipinski definition) is 4. The van der Waals surface area contributed by atoms with Crippen LogP contribution >= 0.6 is 11.8 Å². The van der Waals surface area contributed by atoms with Crippen LogP contribution in [0.3, 0.4) is 0 Å². The van der Waals surface area contributed by atoms with Gasteiger partial charge in [-0.2, -0.15) is 0 Å². The average molecular weight is 363 g/mol. The predicted molar refractivity (Wildman–Crippen MR) is 106 cm³/mol. The third-order valence-corrected chi connectivity index (χ3v) is 5.83. The number of thioether (sulfide) groups is 1. The molecule has 4 rings (SSSR count). The molecule has 2 heterocycles. The highest BCUT2D eigenvalue weighted by atomic mass is 32.2. The second-order valence-electron chi connectivity index (χ2n) is 6.56. The van der Waals surface area contributed by atoms with Gasteiger partial charge in [0.2, 0.25) is 5.91 Å². The van der Waals surface area contributed by atoms with Gasteiger partial charge in [-0.25, -0.2) is 0 Å². The van der Waals surface area contributed by atoms with Crippen molar-refractivity contribution in [3.05, 3.63) is 54.6 Å². The first-order valence-corrected chi connectivity index (χ1v) is 9.88. The van der Waals surface area contributed by atoms with Crippen molar-refractivity contribution in [3.8, 4) is 11.3 Å². The predicted octanol–water partition coefficient (Wildman–Crippen LogP) is 4.40. The zero-order valence-electron chi connectivity index (χ0n) is 14.8. The van der Waals surface area contributed by atoms with Crippen LogP contribution in [0, 0.1) is 0 Å². The number of rotatable bonds is 4. The van der Waals surface area contributed by atoms with Crippen molar-refractivity contribution in [3.63, 3.8) is 0 Å². The lowest BCUT2D eigenvalue weighted by molar-refractivity contribution is -0.129. The Kier molecular flexibility index (Phi) is 4.89. The quantitative estimate of drug-likeness (QED) is 0.645. The van der Waals surface area contributed by atoms with E-state index in [0.29, 0.717) is 0 Å². The molecule has 1 amide bonds. The molecule has 132 valence electrons. The Hall–Kier alpha value is -2.40. The molecule has 0 radical (unpaired) electrons. The van der Waals surface area contributed by atoms with Gasteiger partial charge >= 0.3 is 0 Å². The van der Waals surface area contributed by atoms with E-state index in [4.69, 9.17) is 0 Å². The van der Waals surface area contributed by atoms with Gasteiger partial charge in [-0.05, 0) is 19.8 Å². The van der Waals surface area contributed by atoms with Crippen LogP contribution in [0.2, 0.25) is 0 Å². The lowest BCUT2D eigenvalue weighted by Gasteiger charge is -2.20. The molecular weight excluding hydrogens is 342 g/mol. The summed E-state index contributed by atoms with van der Waals surface area (Å²) in [6, 6.07) is 18.3. The lowest BCUT2D eigenvalue weighted by Crippen LogP contribution is -2.34. The highest BCUT2D eigenvalue weighted by Crippen LogP contribution is 2.33. The minimum Gasteiger partial charge on any atom is -0.342 e. The molecule has 1 aromatic heterocycles. The summed E-state index contributed by atoms with van der Waals surface area (Å²) in [6.07, 6.45) is 2.22. The molecule has 1 aliphatic heterocycles. The van der Waals surface area contributed by atoms with Crippen LogP contribution < -0.4 is 0 Å². The second-order valence-corrected chi connectivity index (χ2v) is 7.89. The van der Waals surface area contributed by atoms with Crippen LogP contribution in [0.25, 0.3) is 22.0 Å². The fraction of sp³-hybridized carbons (Fsp3) is 0.286. The first-order chi connectivity index (χ1) is 12.7.